The Kier molecular flexibility index (Phi) is 7.61. The maximum absolute atomic E-state index is 12.6. The van der Waals surface area contributed by atoms with Crippen LogP contribution in [0, 0.1) is 0 Å². The van der Waals surface area contributed by atoms with Crippen LogP contribution in [0.15, 0.2) is 28.7 Å². The summed E-state index contributed by atoms with van der Waals surface area (Å²) in [5, 5.41) is 0.153. The van der Waals surface area contributed by atoms with Crippen LogP contribution in [0.5, 0.6) is 0 Å². The van der Waals surface area contributed by atoms with E-state index in [1.807, 2.05) is 32.9 Å². The number of benzene rings is 1. The molecule has 138 valence electrons. The largest absolute Gasteiger partial charge is 0.598 e. The Labute approximate surface area is 160 Å². The highest BCUT2D eigenvalue weighted by Gasteiger charge is 2.38. The van der Waals surface area contributed by atoms with Gasteiger partial charge in [-0.05, 0) is 56.6 Å². The number of hydrogen-bond acceptors (Lipinski definition) is 3. The molecule has 0 saturated heterocycles. The molecule has 3 nitrogen and oxygen atoms in total. The van der Waals surface area contributed by atoms with Crippen molar-refractivity contribution in [1.82, 2.24) is 4.72 Å². The van der Waals surface area contributed by atoms with Gasteiger partial charge in [0.05, 0.1) is 12.6 Å². The molecule has 1 aromatic carbocycles. The second-order valence-electron chi connectivity index (χ2n) is 8.67. The Morgan fingerprint density at radius 3 is 2.04 bits per heavy atom. The zero-order chi connectivity index (χ0) is 18.8. The average Bonchev–Trinajstić information content (AvgIpc) is 2.42. The lowest BCUT2D eigenvalue weighted by atomic mass is 10.1. The highest BCUT2D eigenvalue weighted by molar-refractivity contribution is 9.10. The van der Waals surface area contributed by atoms with E-state index in [0.717, 1.165) is 10.0 Å². The molecule has 0 amide bonds. The van der Waals surface area contributed by atoms with Crippen molar-refractivity contribution in [3.63, 3.8) is 0 Å². The molecular weight excluding hydrogens is 402 g/mol. The third kappa shape index (κ3) is 6.46. The first kappa shape index (κ1) is 22.2. The van der Waals surface area contributed by atoms with Crippen molar-refractivity contribution in [2.24, 2.45) is 0 Å². The first-order valence-corrected chi connectivity index (χ1v) is 13.2. The molecule has 1 N–H and O–H groups in total. The third-order valence-corrected chi connectivity index (χ3v) is 11.1. The molecule has 0 aliphatic carbocycles. The summed E-state index contributed by atoms with van der Waals surface area (Å²) in [4.78, 5) is 0. The van der Waals surface area contributed by atoms with Gasteiger partial charge in [0.15, 0.2) is 8.32 Å². The smallest absolute Gasteiger partial charge is 0.192 e. The van der Waals surface area contributed by atoms with Gasteiger partial charge in [-0.1, -0.05) is 48.8 Å². The number of hydrogen-bond donors (Lipinski definition) is 1. The van der Waals surface area contributed by atoms with E-state index in [-0.39, 0.29) is 15.8 Å². The zero-order valence-corrected chi connectivity index (χ0v) is 19.6. The molecule has 0 unspecified atom stereocenters. The molecule has 6 heteroatoms. The fraction of sp³-hybridized carbons (Fsp3) is 0.667. The van der Waals surface area contributed by atoms with Gasteiger partial charge in [0.1, 0.15) is 4.75 Å². The predicted molar refractivity (Wildman–Crippen MR) is 111 cm³/mol. The minimum absolute atomic E-state index is 0.0905. The predicted octanol–water partition coefficient (Wildman–Crippen LogP) is 5.56. The second-order valence-corrected chi connectivity index (χ2v) is 16.4. The van der Waals surface area contributed by atoms with Crippen LogP contribution in [-0.2, 0) is 15.8 Å². The quantitative estimate of drug-likeness (QED) is 0.471. The molecule has 2 atom stereocenters. The Bertz CT molecular complexity index is 523. The summed E-state index contributed by atoms with van der Waals surface area (Å²) < 4.78 is 23.0. The van der Waals surface area contributed by atoms with E-state index in [1.54, 1.807) is 0 Å². The summed E-state index contributed by atoms with van der Waals surface area (Å²) in [5.41, 5.74) is 1.09. The molecule has 1 rings (SSSR count). The molecule has 0 fully saturated rings. The normalized spacial score (nSPS) is 16.1. The summed E-state index contributed by atoms with van der Waals surface area (Å²) in [6.07, 6.45) is 0. The van der Waals surface area contributed by atoms with Crippen LogP contribution in [0.25, 0.3) is 0 Å². The van der Waals surface area contributed by atoms with E-state index in [0.29, 0.717) is 6.61 Å². The number of rotatable bonds is 6. The highest BCUT2D eigenvalue weighted by atomic mass is 79.9. The van der Waals surface area contributed by atoms with Gasteiger partial charge in [0.2, 0.25) is 0 Å². The second kappa shape index (κ2) is 8.23. The average molecular weight is 435 g/mol. The fourth-order valence-corrected chi connectivity index (χ4v) is 3.80. The Morgan fingerprint density at radius 2 is 1.62 bits per heavy atom. The molecule has 0 heterocycles. The van der Waals surface area contributed by atoms with Crippen LogP contribution in [0.1, 0.15) is 53.1 Å². The minimum Gasteiger partial charge on any atom is -0.598 e. The van der Waals surface area contributed by atoms with E-state index in [2.05, 4.69) is 66.7 Å². The van der Waals surface area contributed by atoms with Gasteiger partial charge < -0.3 is 8.98 Å². The maximum atomic E-state index is 12.6. The maximum Gasteiger partial charge on any atom is 0.192 e. The van der Waals surface area contributed by atoms with E-state index in [9.17, 15) is 4.55 Å². The molecule has 0 spiro atoms. The highest BCUT2D eigenvalue weighted by Crippen LogP contribution is 2.37. The van der Waals surface area contributed by atoms with Gasteiger partial charge in [0, 0.05) is 15.8 Å². The summed E-state index contributed by atoms with van der Waals surface area (Å²) in [6.45, 7) is 17.6. The number of nitrogens with one attached hydrogen (secondary N) is 1. The summed E-state index contributed by atoms with van der Waals surface area (Å²) in [6, 6.07) is 8.03. The first-order chi connectivity index (χ1) is 10.7. The monoisotopic (exact) mass is 433 g/mol. The Hall–Kier alpha value is 0.147. The molecule has 1 aromatic rings. The lowest BCUT2D eigenvalue weighted by Crippen LogP contribution is -2.46. The van der Waals surface area contributed by atoms with E-state index >= 15 is 0 Å². The first-order valence-electron chi connectivity index (χ1n) is 8.31. The van der Waals surface area contributed by atoms with Gasteiger partial charge in [-0.25, -0.2) is 0 Å². The Morgan fingerprint density at radius 1 is 1.12 bits per heavy atom. The minimum atomic E-state index is -1.86. The fourth-order valence-electron chi connectivity index (χ4n) is 1.71. The molecule has 0 aromatic heterocycles. The molecular formula is C18H32BrNO2SSi. The molecule has 24 heavy (non-hydrogen) atoms. The lowest BCUT2D eigenvalue weighted by Gasteiger charge is -2.37. The molecule has 0 aliphatic rings. The van der Waals surface area contributed by atoms with Crippen molar-refractivity contribution in [2.45, 2.75) is 70.5 Å². The van der Waals surface area contributed by atoms with Crippen LogP contribution in [0.3, 0.4) is 0 Å². The van der Waals surface area contributed by atoms with Crippen molar-refractivity contribution in [3.05, 3.63) is 34.3 Å². The van der Waals surface area contributed by atoms with Crippen LogP contribution in [-0.4, -0.2) is 24.2 Å². The third-order valence-electron chi connectivity index (χ3n) is 4.49. The van der Waals surface area contributed by atoms with Crippen LogP contribution in [0.4, 0.5) is 0 Å². The van der Waals surface area contributed by atoms with E-state index in [1.165, 1.54) is 0 Å². The van der Waals surface area contributed by atoms with Crippen LogP contribution >= 0.6 is 15.9 Å². The van der Waals surface area contributed by atoms with Crippen molar-refractivity contribution < 1.29 is 8.98 Å². The van der Waals surface area contributed by atoms with Crippen molar-refractivity contribution in [3.8, 4) is 0 Å². The lowest BCUT2D eigenvalue weighted by molar-refractivity contribution is 0.256. The summed E-state index contributed by atoms with van der Waals surface area (Å²) in [7, 11) is -1.86. The van der Waals surface area contributed by atoms with Gasteiger partial charge >= 0.3 is 0 Å². The van der Waals surface area contributed by atoms with E-state index in [4.69, 9.17) is 4.43 Å². The standard InChI is InChI=1S/C18H32BrNO2SSi/c1-17(2,3)23(21)20-16(14-9-11-15(19)12-10-14)13-22-24(7,8)18(4,5)6/h9-12,16,20H,13H2,1-8H3/t16-,23-/m0/s1. The zero-order valence-electron chi connectivity index (χ0n) is 16.2. The summed E-state index contributed by atoms with van der Waals surface area (Å²) >= 11 is 2.32. The van der Waals surface area contributed by atoms with Crippen molar-refractivity contribution in [2.75, 3.05) is 6.61 Å². The molecule has 0 radical (unpaired) electrons. The van der Waals surface area contributed by atoms with Gasteiger partial charge in [-0.2, -0.15) is 0 Å². The van der Waals surface area contributed by atoms with Crippen LogP contribution < -0.4 is 4.72 Å². The van der Waals surface area contributed by atoms with Gasteiger partial charge in [-0.3, -0.25) is 0 Å². The number of halogens is 1. The van der Waals surface area contributed by atoms with Crippen LogP contribution in [0.2, 0.25) is 18.1 Å². The summed E-state index contributed by atoms with van der Waals surface area (Å²) in [5.74, 6) is 0. The molecule has 0 aliphatic heterocycles. The molecule has 0 bridgehead atoms. The SMILES string of the molecule is CC(C)(C)[S@+]([O-])N[C@@H](CO[Si](C)(C)C(C)(C)C)c1ccc(Br)cc1. The van der Waals surface area contributed by atoms with Gasteiger partial charge in [-0.15, -0.1) is 4.72 Å². The van der Waals surface area contributed by atoms with Gasteiger partial charge in [0.25, 0.3) is 0 Å². The van der Waals surface area contributed by atoms with Crippen molar-refractivity contribution in [1.29, 1.82) is 0 Å². The molecule has 0 saturated carbocycles. The van der Waals surface area contributed by atoms with Crippen molar-refractivity contribution >= 4 is 35.6 Å². The van der Waals surface area contributed by atoms with E-state index < -0.39 is 19.7 Å². The topological polar surface area (TPSA) is 44.3 Å². The Balaban J connectivity index is 2.95.